The minimum Gasteiger partial charge on any atom is -0.491 e. The van der Waals surface area contributed by atoms with Crippen molar-refractivity contribution in [2.75, 3.05) is 6.54 Å². The van der Waals surface area contributed by atoms with Crippen LogP contribution < -0.4 is 10.1 Å². The second-order valence-electron chi connectivity index (χ2n) is 4.74. The van der Waals surface area contributed by atoms with Crippen LogP contribution in [0, 0.1) is 12.3 Å². The summed E-state index contributed by atoms with van der Waals surface area (Å²) in [5, 5.41) is 5.67. The van der Waals surface area contributed by atoms with E-state index in [2.05, 4.69) is 29.4 Å². The second-order valence-corrected chi connectivity index (χ2v) is 4.74. The van der Waals surface area contributed by atoms with Crippen LogP contribution in [0.1, 0.15) is 19.4 Å². The van der Waals surface area contributed by atoms with Crippen molar-refractivity contribution in [1.29, 1.82) is 0 Å². The Labute approximate surface area is 126 Å². The third kappa shape index (κ3) is 3.90. The standard InChI is InChI=1S/C17H19NO.ClH/c1-4-11-18-12-16-15-8-6-5-7-14(15)9-10-17(16)19-13(2)3;/h1,5-10,13,18H,11-12H2,2-3H3;1H. The molecule has 0 unspecified atom stereocenters. The lowest BCUT2D eigenvalue weighted by molar-refractivity contribution is 0.240. The number of ether oxygens (including phenoxy) is 1. The van der Waals surface area contributed by atoms with Gasteiger partial charge in [-0.05, 0) is 30.7 Å². The topological polar surface area (TPSA) is 21.3 Å². The van der Waals surface area contributed by atoms with E-state index >= 15 is 0 Å². The van der Waals surface area contributed by atoms with Gasteiger partial charge in [0.2, 0.25) is 0 Å². The highest BCUT2D eigenvalue weighted by molar-refractivity contribution is 5.87. The highest BCUT2D eigenvalue weighted by Gasteiger charge is 2.09. The van der Waals surface area contributed by atoms with Crippen LogP contribution in [0.4, 0.5) is 0 Å². The lowest BCUT2D eigenvalue weighted by Crippen LogP contribution is -2.15. The van der Waals surface area contributed by atoms with E-state index in [9.17, 15) is 0 Å². The molecule has 1 N–H and O–H groups in total. The highest BCUT2D eigenvalue weighted by atomic mass is 35.5. The molecule has 20 heavy (non-hydrogen) atoms. The summed E-state index contributed by atoms with van der Waals surface area (Å²) in [5.41, 5.74) is 1.17. The molecule has 0 radical (unpaired) electrons. The number of hydrogen-bond donors (Lipinski definition) is 1. The van der Waals surface area contributed by atoms with Crippen molar-refractivity contribution in [2.45, 2.75) is 26.5 Å². The van der Waals surface area contributed by atoms with E-state index in [-0.39, 0.29) is 18.5 Å². The Balaban J connectivity index is 0.00000200. The summed E-state index contributed by atoms with van der Waals surface area (Å²) in [7, 11) is 0. The molecule has 0 saturated heterocycles. The summed E-state index contributed by atoms with van der Waals surface area (Å²) in [6.07, 6.45) is 5.44. The Kier molecular flexibility index (Phi) is 6.38. The number of hydrogen-bond acceptors (Lipinski definition) is 2. The second kappa shape index (κ2) is 7.79. The number of nitrogens with one attached hydrogen (secondary N) is 1. The van der Waals surface area contributed by atoms with Gasteiger partial charge in [0.25, 0.3) is 0 Å². The molecule has 0 aliphatic heterocycles. The van der Waals surface area contributed by atoms with Crippen molar-refractivity contribution in [2.24, 2.45) is 0 Å². The molecule has 106 valence electrons. The largest absolute Gasteiger partial charge is 0.491 e. The van der Waals surface area contributed by atoms with E-state index in [1.807, 2.05) is 32.0 Å². The Morgan fingerprint density at radius 2 is 1.95 bits per heavy atom. The molecule has 0 aliphatic carbocycles. The molecule has 0 atom stereocenters. The van der Waals surface area contributed by atoms with Crippen molar-refractivity contribution >= 4 is 23.2 Å². The molecule has 2 rings (SSSR count). The van der Waals surface area contributed by atoms with Crippen molar-refractivity contribution in [3.8, 4) is 18.1 Å². The third-order valence-electron chi connectivity index (χ3n) is 2.89. The van der Waals surface area contributed by atoms with Crippen molar-refractivity contribution in [3.05, 3.63) is 42.0 Å². The first-order chi connectivity index (χ1) is 9.22. The molecule has 2 aromatic rings. The number of rotatable bonds is 5. The first-order valence-corrected chi connectivity index (χ1v) is 6.54. The van der Waals surface area contributed by atoms with Gasteiger partial charge >= 0.3 is 0 Å². The van der Waals surface area contributed by atoms with Gasteiger partial charge in [-0.25, -0.2) is 0 Å². The molecule has 2 nitrogen and oxygen atoms in total. The average molecular weight is 290 g/mol. The number of halogens is 1. The number of terminal acetylenes is 1. The van der Waals surface area contributed by atoms with E-state index in [1.165, 1.54) is 16.3 Å². The zero-order chi connectivity index (χ0) is 13.7. The molecule has 0 saturated carbocycles. The molecule has 0 spiro atoms. The molecule has 0 aromatic heterocycles. The van der Waals surface area contributed by atoms with Crippen LogP contribution in [-0.2, 0) is 6.54 Å². The zero-order valence-electron chi connectivity index (χ0n) is 11.8. The lowest BCUT2D eigenvalue weighted by Gasteiger charge is -2.16. The normalized spacial score (nSPS) is 10.1. The fraction of sp³-hybridized carbons (Fsp3) is 0.294. The summed E-state index contributed by atoms with van der Waals surface area (Å²) in [6, 6.07) is 12.5. The van der Waals surface area contributed by atoms with Crippen molar-refractivity contribution in [3.63, 3.8) is 0 Å². The van der Waals surface area contributed by atoms with Crippen LogP contribution >= 0.6 is 12.4 Å². The summed E-state index contributed by atoms with van der Waals surface area (Å²) < 4.78 is 5.89. The van der Waals surface area contributed by atoms with E-state index in [0.717, 1.165) is 5.75 Å². The Morgan fingerprint density at radius 3 is 2.65 bits per heavy atom. The van der Waals surface area contributed by atoms with Gasteiger partial charge in [-0.1, -0.05) is 36.3 Å². The van der Waals surface area contributed by atoms with Crippen molar-refractivity contribution in [1.82, 2.24) is 5.32 Å². The monoisotopic (exact) mass is 289 g/mol. The maximum absolute atomic E-state index is 5.89. The maximum atomic E-state index is 5.89. The van der Waals surface area contributed by atoms with Crippen LogP contribution in [0.3, 0.4) is 0 Å². The summed E-state index contributed by atoms with van der Waals surface area (Å²) in [4.78, 5) is 0. The number of benzene rings is 2. The van der Waals surface area contributed by atoms with Gasteiger partial charge < -0.3 is 10.1 Å². The maximum Gasteiger partial charge on any atom is 0.124 e. The van der Waals surface area contributed by atoms with Crippen LogP contribution in [0.25, 0.3) is 10.8 Å². The van der Waals surface area contributed by atoms with Gasteiger partial charge in [0.05, 0.1) is 12.6 Å². The Hall–Kier alpha value is -1.69. The van der Waals surface area contributed by atoms with E-state index in [4.69, 9.17) is 11.2 Å². The van der Waals surface area contributed by atoms with Gasteiger partial charge in [0.1, 0.15) is 5.75 Å². The quantitative estimate of drug-likeness (QED) is 0.668. The summed E-state index contributed by atoms with van der Waals surface area (Å²) >= 11 is 0. The fourth-order valence-corrected chi connectivity index (χ4v) is 2.12. The predicted molar refractivity (Wildman–Crippen MR) is 87.5 cm³/mol. The minimum absolute atomic E-state index is 0. The Bertz CT molecular complexity index is 601. The Morgan fingerprint density at radius 1 is 1.20 bits per heavy atom. The molecule has 2 aromatic carbocycles. The third-order valence-corrected chi connectivity index (χ3v) is 2.89. The fourth-order valence-electron chi connectivity index (χ4n) is 2.12. The van der Waals surface area contributed by atoms with Crippen LogP contribution in [-0.4, -0.2) is 12.6 Å². The van der Waals surface area contributed by atoms with Crippen LogP contribution in [0.2, 0.25) is 0 Å². The van der Waals surface area contributed by atoms with Crippen LogP contribution in [0.5, 0.6) is 5.75 Å². The molecule has 3 heteroatoms. The van der Waals surface area contributed by atoms with Gasteiger partial charge in [-0.2, -0.15) is 0 Å². The van der Waals surface area contributed by atoms with Crippen LogP contribution in [0.15, 0.2) is 36.4 Å². The van der Waals surface area contributed by atoms with Gasteiger partial charge in [-0.3, -0.25) is 0 Å². The SMILES string of the molecule is C#CCNCc1c(OC(C)C)ccc2ccccc12.Cl. The predicted octanol–water partition coefficient (Wildman–Crippen LogP) is 3.77. The van der Waals surface area contributed by atoms with E-state index in [0.29, 0.717) is 13.1 Å². The highest BCUT2D eigenvalue weighted by Crippen LogP contribution is 2.28. The van der Waals surface area contributed by atoms with Gasteiger partial charge in [-0.15, -0.1) is 18.8 Å². The number of fused-ring (bicyclic) bond motifs is 1. The molecular formula is C17H20ClNO. The molecule has 0 fully saturated rings. The zero-order valence-corrected chi connectivity index (χ0v) is 12.7. The smallest absolute Gasteiger partial charge is 0.124 e. The van der Waals surface area contributed by atoms with E-state index in [1.54, 1.807) is 0 Å². The molecule has 0 aliphatic rings. The lowest BCUT2D eigenvalue weighted by atomic mass is 10.0. The first-order valence-electron chi connectivity index (χ1n) is 6.54. The summed E-state index contributed by atoms with van der Waals surface area (Å²) in [6.45, 7) is 5.35. The van der Waals surface area contributed by atoms with E-state index < -0.39 is 0 Å². The average Bonchev–Trinajstić information content (AvgIpc) is 2.40. The first kappa shape index (κ1) is 16.4. The van der Waals surface area contributed by atoms with Gasteiger partial charge in [0, 0.05) is 12.1 Å². The molecule has 0 heterocycles. The van der Waals surface area contributed by atoms with Crippen molar-refractivity contribution < 1.29 is 4.74 Å². The van der Waals surface area contributed by atoms with Gasteiger partial charge in [0.15, 0.2) is 0 Å². The molecule has 0 amide bonds. The summed E-state index contributed by atoms with van der Waals surface area (Å²) in [5.74, 6) is 3.52. The molecular weight excluding hydrogens is 270 g/mol. The minimum atomic E-state index is 0. The molecule has 0 bridgehead atoms.